The van der Waals surface area contributed by atoms with Crippen LogP contribution in [-0.4, -0.2) is 0 Å². The van der Waals surface area contributed by atoms with Crippen LogP contribution in [0.5, 0.6) is 0 Å². The summed E-state index contributed by atoms with van der Waals surface area (Å²) in [7, 11) is 0. The summed E-state index contributed by atoms with van der Waals surface area (Å²) < 4.78 is 6.24. The molecular formula is C44H31NO. The number of furan rings is 1. The second-order valence-electron chi connectivity index (χ2n) is 12.3. The van der Waals surface area contributed by atoms with Crippen molar-refractivity contribution in [3.05, 3.63) is 187 Å². The van der Waals surface area contributed by atoms with Crippen molar-refractivity contribution in [3.63, 3.8) is 0 Å². The zero-order valence-electron chi connectivity index (χ0n) is 25.5. The van der Waals surface area contributed by atoms with Gasteiger partial charge in [0.1, 0.15) is 11.2 Å². The van der Waals surface area contributed by atoms with E-state index in [0.29, 0.717) is 0 Å². The maximum atomic E-state index is 6.24. The Balaban J connectivity index is 1.30. The summed E-state index contributed by atoms with van der Waals surface area (Å²) in [5.74, 6) is 0. The fourth-order valence-corrected chi connectivity index (χ4v) is 7.50. The molecule has 1 heterocycles. The fraction of sp³-hybridized carbons (Fsp3) is 0.0455. The third-order valence-corrected chi connectivity index (χ3v) is 9.76. The molecule has 9 rings (SSSR count). The molecule has 218 valence electrons. The van der Waals surface area contributed by atoms with Crippen LogP contribution < -0.4 is 4.90 Å². The van der Waals surface area contributed by atoms with Gasteiger partial charge in [0.15, 0.2) is 0 Å². The lowest BCUT2D eigenvalue weighted by molar-refractivity contribution is 0.669. The van der Waals surface area contributed by atoms with Crippen molar-refractivity contribution in [3.8, 4) is 22.3 Å². The fourth-order valence-electron chi connectivity index (χ4n) is 7.50. The Morgan fingerprint density at radius 2 is 1.11 bits per heavy atom. The predicted octanol–water partition coefficient (Wildman–Crippen LogP) is 12.1. The zero-order chi connectivity index (χ0) is 30.7. The van der Waals surface area contributed by atoms with Crippen LogP contribution in [0.3, 0.4) is 0 Å². The zero-order valence-corrected chi connectivity index (χ0v) is 25.5. The van der Waals surface area contributed by atoms with Crippen molar-refractivity contribution >= 4 is 39.0 Å². The minimum Gasteiger partial charge on any atom is -0.456 e. The minimum atomic E-state index is -0.281. The molecule has 0 saturated heterocycles. The molecule has 2 nitrogen and oxygen atoms in total. The Labute approximate surface area is 268 Å². The van der Waals surface area contributed by atoms with Crippen molar-refractivity contribution in [2.75, 3.05) is 4.90 Å². The molecule has 0 bridgehead atoms. The third kappa shape index (κ3) is 3.97. The highest BCUT2D eigenvalue weighted by atomic mass is 16.3. The summed E-state index contributed by atoms with van der Waals surface area (Å²) in [5, 5.41) is 2.24. The maximum Gasteiger partial charge on any atom is 0.135 e. The molecular weight excluding hydrogens is 558 g/mol. The summed E-state index contributed by atoms with van der Waals surface area (Å²) in [6.07, 6.45) is 0. The molecule has 0 aliphatic heterocycles. The van der Waals surface area contributed by atoms with Crippen LogP contribution in [0.15, 0.2) is 174 Å². The quantitative estimate of drug-likeness (QED) is 0.199. The van der Waals surface area contributed by atoms with E-state index >= 15 is 0 Å². The van der Waals surface area contributed by atoms with Gasteiger partial charge in [-0.1, -0.05) is 127 Å². The summed E-state index contributed by atoms with van der Waals surface area (Å²) in [5.41, 5.74) is 13.8. The van der Waals surface area contributed by atoms with Crippen molar-refractivity contribution in [2.45, 2.75) is 12.3 Å². The largest absolute Gasteiger partial charge is 0.456 e. The van der Waals surface area contributed by atoms with Gasteiger partial charge in [-0.3, -0.25) is 0 Å². The first-order valence-electron chi connectivity index (χ1n) is 15.9. The first-order chi connectivity index (χ1) is 22.7. The Morgan fingerprint density at radius 1 is 0.478 bits per heavy atom. The predicted molar refractivity (Wildman–Crippen MR) is 191 cm³/mol. The number of hydrogen-bond donors (Lipinski definition) is 0. The topological polar surface area (TPSA) is 16.4 Å². The Bertz CT molecular complexity index is 2370. The lowest BCUT2D eigenvalue weighted by atomic mass is 9.74. The van der Waals surface area contributed by atoms with Gasteiger partial charge in [0, 0.05) is 33.1 Å². The number of anilines is 3. The monoisotopic (exact) mass is 589 g/mol. The highest BCUT2D eigenvalue weighted by Gasteiger charge is 2.42. The van der Waals surface area contributed by atoms with E-state index in [1.165, 1.54) is 38.9 Å². The van der Waals surface area contributed by atoms with Gasteiger partial charge in [-0.05, 0) is 82.8 Å². The van der Waals surface area contributed by atoms with Gasteiger partial charge in [0.05, 0.1) is 5.69 Å². The number of nitrogens with zero attached hydrogens (tertiary/aromatic N) is 1. The van der Waals surface area contributed by atoms with Crippen LogP contribution in [0.4, 0.5) is 17.1 Å². The molecule has 8 aromatic rings. The van der Waals surface area contributed by atoms with Crippen molar-refractivity contribution in [1.82, 2.24) is 0 Å². The molecule has 0 spiro atoms. The Hall–Kier alpha value is -5.86. The average molecular weight is 590 g/mol. The second-order valence-corrected chi connectivity index (χ2v) is 12.3. The molecule has 2 heteroatoms. The van der Waals surface area contributed by atoms with Gasteiger partial charge >= 0.3 is 0 Å². The summed E-state index contributed by atoms with van der Waals surface area (Å²) in [6.45, 7) is 2.37. The van der Waals surface area contributed by atoms with Crippen LogP contribution in [0, 0.1) is 0 Å². The smallest absolute Gasteiger partial charge is 0.135 e. The molecule has 0 fully saturated rings. The number of hydrogen-bond acceptors (Lipinski definition) is 2. The first-order valence-corrected chi connectivity index (χ1v) is 15.9. The van der Waals surface area contributed by atoms with Crippen LogP contribution in [0.2, 0.25) is 0 Å². The lowest BCUT2D eigenvalue weighted by Gasteiger charge is -2.30. The van der Waals surface area contributed by atoms with E-state index in [1.807, 2.05) is 12.1 Å². The van der Waals surface area contributed by atoms with E-state index in [4.69, 9.17) is 4.42 Å². The van der Waals surface area contributed by atoms with Crippen LogP contribution >= 0.6 is 0 Å². The molecule has 46 heavy (non-hydrogen) atoms. The molecule has 1 atom stereocenters. The van der Waals surface area contributed by atoms with Gasteiger partial charge in [0.25, 0.3) is 0 Å². The standard InChI is InChI=1S/C44H31NO/c1-44(32-15-6-3-7-16-32)38-19-10-8-18-36(38)43-39(44)20-12-21-40(43)45(33-25-23-31(24-26-33)30-13-4-2-5-14-30)34-27-28-42-37(29-34)35-17-9-11-22-41(35)46-42/h2-29H,1H3. The second kappa shape index (κ2) is 10.4. The Kier molecular flexibility index (Phi) is 5.97. The molecule has 0 amide bonds. The number of fused-ring (bicyclic) bond motifs is 6. The molecule has 0 saturated carbocycles. The van der Waals surface area contributed by atoms with E-state index in [2.05, 4.69) is 170 Å². The molecule has 1 unspecified atom stereocenters. The molecule has 7 aromatic carbocycles. The van der Waals surface area contributed by atoms with Gasteiger partial charge in [-0.2, -0.15) is 0 Å². The van der Waals surface area contributed by atoms with Crippen molar-refractivity contribution < 1.29 is 4.42 Å². The van der Waals surface area contributed by atoms with E-state index < -0.39 is 0 Å². The highest BCUT2D eigenvalue weighted by Crippen LogP contribution is 2.56. The molecule has 1 aliphatic carbocycles. The van der Waals surface area contributed by atoms with Gasteiger partial charge < -0.3 is 9.32 Å². The molecule has 0 N–H and O–H groups in total. The summed E-state index contributed by atoms with van der Waals surface area (Å²) in [6, 6.07) is 61.0. The molecule has 1 aromatic heterocycles. The number of rotatable bonds is 5. The SMILES string of the molecule is CC1(c2ccccc2)c2ccccc2-c2c(N(c3ccc(-c4ccccc4)cc3)c3ccc4oc5ccccc5c4c3)cccc21. The van der Waals surface area contributed by atoms with Gasteiger partial charge in [0.2, 0.25) is 0 Å². The lowest BCUT2D eigenvalue weighted by Crippen LogP contribution is -2.22. The van der Waals surface area contributed by atoms with E-state index in [0.717, 1.165) is 39.0 Å². The molecule has 1 aliphatic rings. The van der Waals surface area contributed by atoms with Crippen LogP contribution in [0.25, 0.3) is 44.2 Å². The Morgan fingerprint density at radius 3 is 1.93 bits per heavy atom. The summed E-state index contributed by atoms with van der Waals surface area (Å²) >= 11 is 0. The normalized spacial score (nSPS) is 15.2. The van der Waals surface area contributed by atoms with Crippen molar-refractivity contribution in [1.29, 1.82) is 0 Å². The first kappa shape index (κ1) is 26.5. The highest BCUT2D eigenvalue weighted by molar-refractivity contribution is 6.07. The minimum absolute atomic E-state index is 0.281. The average Bonchev–Trinajstić information content (AvgIpc) is 3.63. The molecule has 0 radical (unpaired) electrons. The van der Waals surface area contributed by atoms with E-state index in [9.17, 15) is 0 Å². The van der Waals surface area contributed by atoms with Crippen molar-refractivity contribution in [2.24, 2.45) is 0 Å². The third-order valence-electron chi connectivity index (χ3n) is 9.76. The van der Waals surface area contributed by atoms with Crippen LogP contribution in [0.1, 0.15) is 23.6 Å². The summed E-state index contributed by atoms with van der Waals surface area (Å²) in [4.78, 5) is 2.42. The van der Waals surface area contributed by atoms with E-state index in [-0.39, 0.29) is 5.41 Å². The number of para-hydroxylation sites is 1. The van der Waals surface area contributed by atoms with Gasteiger partial charge in [-0.25, -0.2) is 0 Å². The van der Waals surface area contributed by atoms with Crippen LogP contribution in [-0.2, 0) is 5.41 Å². The van der Waals surface area contributed by atoms with Gasteiger partial charge in [-0.15, -0.1) is 0 Å². The van der Waals surface area contributed by atoms with E-state index in [1.54, 1.807) is 0 Å². The number of benzene rings is 7. The maximum absolute atomic E-state index is 6.24.